The van der Waals surface area contributed by atoms with E-state index in [1.165, 1.54) is 22.5 Å². The number of rotatable bonds is 0. The molecule has 0 saturated heterocycles. The molecule has 0 amide bonds. The molecule has 0 radical (unpaired) electrons. The first-order chi connectivity index (χ1) is 5.29. The van der Waals surface area contributed by atoms with E-state index in [1.807, 2.05) is 0 Å². The Morgan fingerprint density at radius 3 is 2.64 bits per heavy atom. The third-order valence-electron chi connectivity index (χ3n) is 2.03. The minimum Gasteiger partial charge on any atom is -0.390 e. The average molecular weight is 169 g/mol. The highest BCUT2D eigenvalue weighted by Gasteiger charge is 2.16. The van der Waals surface area contributed by atoms with Crippen LogP contribution in [0, 0.1) is 0 Å². The van der Waals surface area contributed by atoms with E-state index in [4.69, 9.17) is 11.5 Å². The zero-order chi connectivity index (χ0) is 7.84. The van der Waals surface area contributed by atoms with Crippen molar-refractivity contribution in [3.63, 3.8) is 0 Å². The number of fused-ring (bicyclic) bond motifs is 1. The summed E-state index contributed by atoms with van der Waals surface area (Å²) in [6.07, 6.45) is 1.02. The van der Waals surface area contributed by atoms with Gasteiger partial charge in [0.1, 0.15) is 0 Å². The van der Waals surface area contributed by atoms with Crippen molar-refractivity contribution in [1.29, 1.82) is 0 Å². The number of thiophene rings is 1. The Morgan fingerprint density at radius 2 is 1.91 bits per heavy atom. The zero-order valence-corrected chi connectivity index (χ0v) is 7.00. The minimum atomic E-state index is 0.879. The summed E-state index contributed by atoms with van der Waals surface area (Å²) in [6.45, 7) is 1.90. The molecule has 0 bridgehead atoms. The molecule has 1 aromatic rings. The maximum absolute atomic E-state index is 5.77. The number of nitrogens with one attached hydrogen (secondary N) is 1. The van der Waals surface area contributed by atoms with Crippen LogP contribution in [0.15, 0.2) is 0 Å². The molecule has 2 rings (SSSR count). The van der Waals surface area contributed by atoms with Gasteiger partial charge in [-0.05, 0) is 18.5 Å². The third kappa shape index (κ3) is 0.985. The predicted octanol–water partition coefficient (Wildman–Crippen LogP) is 0.558. The fraction of sp³-hybridized carbons (Fsp3) is 0.429. The topological polar surface area (TPSA) is 64.1 Å². The van der Waals surface area contributed by atoms with E-state index in [0.717, 1.165) is 29.5 Å². The van der Waals surface area contributed by atoms with Gasteiger partial charge in [-0.25, -0.2) is 0 Å². The maximum Gasteiger partial charge on any atom is 0.0926 e. The molecule has 3 nitrogen and oxygen atoms in total. The SMILES string of the molecule is Nc1sc(N)c2c1CCNC2. The van der Waals surface area contributed by atoms with E-state index in [-0.39, 0.29) is 0 Å². The summed E-state index contributed by atoms with van der Waals surface area (Å²) in [6, 6.07) is 0. The molecule has 0 aliphatic carbocycles. The second-order valence-electron chi connectivity index (χ2n) is 2.71. The Morgan fingerprint density at radius 1 is 1.18 bits per heavy atom. The Labute approximate surface area is 69.4 Å². The monoisotopic (exact) mass is 169 g/mol. The van der Waals surface area contributed by atoms with Crippen LogP contribution in [0.1, 0.15) is 11.1 Å². The first-order valence-electron chi connectivity index (χ1n) is 3.65. The molecule has 4 heteroatoms. The molecule has 0 atom stereocenters. The molecule has 5 N–H and O–H groups in total. The van der Waals surface area contributed by atoms with Crippen LogP contribution in [0.25, 0.3) is 0 Å². The summed E-state index contributed by atoms with van der Waals surface area (Å²) in [5.74, 6) is 0. The maximum atomic E-state index is 5.77. The molecule has 0 unspecified atom stereocenters. The highest BCUT2D eigenvalue weighted by Crippen LogP contribution is 2.34. The van der Waals surface area contributed by atoms with Gasteiger partial charge >= 0.3 is 0 Å². The summed E-state index contributed by atoms with van der Waals surface area (Å²) < 4.78 is 0. The minimum absolute atomic E-state index is 0.879. The number of nitrogen functional groups attached to an aromatic ring is 2. The second-order valence-corrected chi connectivity index (χ2v) is 3.80. The molecule has 1 aliphatic rings. The Kier molecular flexibility index (Phi) is 1.51. The van der Waals surface area contributed by atoms with E-state index < -0.39 is 0 Å². The van der Waals surface area contributed by atoms with Gasteiger partial charge in [-0.15, -0.1) is 11.3 Å². The van der Waals surface area contributed by atoms with Crippen molar-refractivity contribution in [1.82, 2.24) is 5.32 Å². The summed E-state index contributed by atoms with van der Waals surface area (Å²) in [5.41, 5.74) is 14.0. The lowest BCUT2D eigenvalue weighted by Crippen LogP contribution is -2.23. The fourth-order valence-corrected chi connectivity index (χ4v) is 2.34. The van der Waals surface area contributed by atoms with Crippen LogP contribution < -0.4 is 16.8 Å². The van der Waals surface area contributed by atoms with Crippen molar-refractivity contribution in [3.05, 3.63) is 11.1 Å². The molecule has 11 heavy (non-hydrogen) atoms. The van der Waals surface area contributed by atoms with E-state index in [0.29, 0.717) is 0 Å². The highest BCUT2D eigenvalue weighted by molar-refractivity contribution is 7.20. The summed E-state index contributed by atoms with van der Waals surface area (Å²) in [7, 11) is 0. The molecule has 0 spiro atoms. The number of hydrogen-bond donors (Lipinski definition) is 3. The molecule has 60 valence electrons. The van der Waals surface area contributed by atoms with Gasteiger partial charge in [0.25, 0.3) is 0 Å². The van der Waals surface area contributed by atoms with Crippen LogP contribution in [0.5, 0.6) is 0 Å². The zero-order valence-electron chi connectivity index (χ0n) is 6.18. The van der Waals surface area contributed by atoms with E-state index >= 15 is 0 Å². The smallest absolute Gasteiger partial charge is 0.0926 e. The standard InChI is InChI=1S/C7H11N3S/c8-6-4-1-2-10-3-5(4)7(9)11-6/h10H,1-3,8-9H2. The first kappa shape index (κ1) is 6.94. The van der Waals surface area contributed by atoms with Crippen molar-refractivity contribution >= 4 is 21.3 Å². The van der Waals surface area contributed by atoms with Gasteiger partial charge in [-0.1, -0.05) is 0 Å². The molecule has 2 heterocycles. The Bertz CT molecular complexity index is 253. The van der Waals surface area contributed by atoms with Crippen molar-refractivity contribution in [2.24, 2.45) is 0 Å². The quantitative estimate of drug-likeness (QED) is 0.531. The molecular weight excluding hydrogens is 158 g/mol. The summed E-state index contributed by atoms with van der Waals surface area (Å²) >= 11 is 1.50. The van der Waals surface area contributed by atoms with Crippen LogP contribution in [-0.4, -0.2) is 6.54 Å². The van der Waals surface area contributed by atoms with Crippen LogP contribution in [0.3, 0.4) is 0 Å². The molecule has 1 aliphatic heterocycles. The van der Waals surface area contributed by atoms with Gasteiger partial charge in [-0.3, -0.25) is 0 Å². The normalized spacial score (nSPS) is 16.4. The second kappa shape index (κ2) is 2.39. The molecule has 0 aromatic carbocycles. The van der Waals surface area contributed by atoms with E-state index in [9.17, 15) is 0 Å². The van der Waals surface area contributed by atoms with Crippen LogP contribution in [0.2, 0.25) is 0 Å². The van der Waals surface area contributed by atoms with Gasteiger partial charge in [0.15, 0.2) is 0 Å². The van der Waals surface area contributed by atoms with Crippen molar-refractivity contribution in [2.45, 2.75) is 13.0 Å². The lowest BCUT2D eigenvalue weighted by Gasteiger charge is -2.13. The molecule has 1 aromatic heterocycles. The fourth-order valence-electron chi connectivity index (χ4n) is 1.43. The summed E-state index contributed by atoms with van der Waals surface area (Å²) in [5, 5.41) is 5.05. The predicted molar refractivity (Wildman–Crippen MR) is 48.6 cm³/mol. The lowest BCUT2D eigenvalue weighted by atomic mass is 10.1. The largest absolute Gasteiger partial charge is 0.390 e. The number of anilines is 2. The average Bonchev–Trinajstić information content (AvgIpc) is 2.30. The third-order valence-corrected chi connectivity index (χ3v) is 2.97. The van der Waals surface area contributed by atoms with Crippen LogP contribution in [-0.2, 0) is 13.0 Å². The van der Waals surface area contributed by atoms with Crippen molar-refractivity contribution in [3.8, 4) is 0 Å². The van der Waals surface area contributed by atoms with Crippen LogP contribution >= 0.6 is 11.3 Å². The van der Waals surface area contributed by atoms with E-state index in [2.05, 4.69) is 5.32 Å². The Hall–Kier alpha value is -0.740. The summed E-state index contributed by atoms with van der Waals surface area (Å²) in [4.78, 5) is 0. The highest BCUT2D eigenvalue weighted by atomic mass is 32.1. The molecule has 0 fully saturated rings. The van der Waals surface area contributed by atoms with Crippen molar-refractivity contribution < 1.29 is 0 Å². The number of hydrogen-bond acceptors (Lipinski definition) is 4. The van der Waals surface area contributed by atoms with Gasteiger partial charge in [-0.2, -0.15) is 0 Å². The van der Waals surface area contributed by atoms with Crippen molar-refractivity contribution in [2.75, 3.05) is 18.0 Å². The number of nitrogens with two attached hydrogens (primary N) is 2. The molecular formula is C7H11N3S. The van der Waals surface area contributed by atoms with Gasteiger partial charge < -0.3 is 16.8 Å². The van der Waals surface area contributed by atoms with Crippen LogP contribution in [0.4, 0.5) is 10.0 Å². The Balaban J connectivity index is 2.52. The molecule has 0 saturated carbocycles. The lowest BCUT2D eigenvalue weighted by molar-refractivity contribution is 0.650. The van der Waals surface area contributed by atoms with E-state index in [1.54, 1.807) is 0 Å². The van der Waals surface area contributed by atoms with Gasteiger partial charge in [0, 0.05) is 12.1 Å². The van der Waals surface area contributed by atoms with Gasteiger partial charge in [0.05, 0.1) is 10.0 Å². The van der Waals surface area contributed by atoms with Gasteiger partial charge in [0.2, 0.25) is 0 Å². The first-order valence-corrected chi connectivity index (χ1v) is 4.47.